The first-order chi connectivity index (χ1) is 17.5. The van der Waals surface area contributed by atoms with Crippen LogP contribution in [0.15, 0.2) is 39.6 Å². The van der Waals surface area contributed by atoms with Gasteiger partial charge < -0.3 is 14.2 Å². The summed E-state index contributed by atoms with van der Waals surface area (Å²) in [4.78, 5) is 44.3. The summed E-state index contributed by atoms with van der Waals surface area (Å²) in [5.41, 5.74) is 1.63. The highest BCUT2D eigenvalue weighted by atomic mass is 28.3. The lowest BCUT2D eigenvalue weighted by Gasteiger charge is -2.36. The molecule has 2 aromatic heterocycles. The van der Waals surface area contributed by atoms with Crippen LogP contribution < -0.4 is 10.7 Å². The van der Waals surface area contributed by atoms with Crippen LogP contribution >= 0.6 is 0 Å². The topological polar surface area (TPSA) is 106 Å². The van der Waals surface area contributed by atoms with Crippen molar-refractivity contribution in [1.82, 2.24) is 15.0 Å². The standard InChI is InChI=1S/C26H29F2N3O5Si/c1-35-14-16-5-6-18-21(29-16)7-8-31(24(34)13-17-12-23(33)30-36-17)25(18)22(32)11-15-9-19(27)26(20(28)10-15)37(2,3)4/h5-6,9-10,12,25H,7-8,11,13-14H2,1-4H3,(H,30,33)/t25-/m1/s1. The van der Waals surface area contributed by atoms with Crippen LogP contribution in [0.25, 0.3) is 0 Å². The van der Waals surface area contributed by atoms with Gasteiger partial charge in [-0.2, -0.15) is 5.16 Å². The fourth-order valence-electron chi connectivity index (χ4n) is 4.77. The Morgan fingerprint density at radius 2 is 1.86 bits per heavy atom. The number of benzene rings is 1. The molecule has 1 N–H and O–H groups in total. The molecule has 0 aliphatic carbocycles. The van der Waals surface area contributed by atoms with Gasteiger partial charge in [0.1, 0.15) is 23.4 Å². The van der Waals surface area contributed by atoms with Gasteiger partial charge in [-0.05, 0) is 23.8 Å². The second-order valence-electron chi connectivity index (χ2n) is 10.2. The number of pyridine rings is 1. The van der Waals surface area contributed by atoms with Crippen molar-refractivity contribution in [2.45, 2.75) is 51.6 Å². The van der Waals surface area contributed by atoms with Crippen LogP contribution in [0.2, 0.25) is 19.6 Å². The molecule has 1 atom stereocenters. The summed E-state index contributed by atoms with van der Waals surface area (Å²) in [6.07, 6.45) is -0.0817. The van der Waals surface area contributed by atoms with Gasteiger partial charge in [0.2, 0.25) is 5.91 Å². The van der Waals surface area contributed by atoms with Gasteiger partial charge in [0.05, 0.1) is 26.8 Å². The maximum Gasteiger partial charge on any atom is 0.280 e. The molecule has 37 heavy (non-hydrogen) atoms. The minimum atomic E-state index is -2.28. The number of nitrogens with one attached hydrogen (secondary N) is 1. The Bertz CT molecular complexity index is 1370. The van der Waals surface area contributed by atoms with Gasteiger partial charge in [0.25, 0.3) is 5.56 Å². The number of nitrogens with zero attached hydrogens (tertiary/aromatic N) is 2. The molecule has 0 radical (unpaired) electrons. The molecular formula is C26H29F2N3O5Si. The monoisotopic (exact) mass is 529 g/mol. The second kappa shape index (κ2) is 10.5. The number of methoxy groups -OCH3 is 1. The maximum absolute atomic E-state index is 14.9. The van der Waals surface area contributed by atoms with E-state index in [9.17, 15) is 23.2 Å². The van der Waals surface area contributed by atoms with Gasteiger partial charge in [-0.15, -0.1) is 0 Å². The molecule has 0 unspecified atom stereocenters. The van der Waals surface area contributed by atoms with Crippen LogP contribution in [0, 0.1) is 11.6 Å². The second-order valence-corrected chi connectivity index (χ2v) is 15.2. The number of hydrogen-bond acceptors (Lipinski definition) is 6. The zero-order chi connectivity index (χ0) is 26.9. The number of carbonyl (C=O) groups is 2. The van der Waals surface area contributed by atoms with Crippen molar-refractivity contribution >= 4 is 25.0 Å². The van der Waals surface area contributed by atoms with Crippen LogP contribution in [0.1, 0.15) is 34.3 Å². The number of ether oxygens (including phenoxy) is 1. The first kappa shape index (κ1) is 26.6. The number of halogens is 2. The van der Waals surface area contributed by atoms with Crippen LogP contribution in [0.5, 0.6) is 0 Å². The van der Waals surface area contributed by atoms with Crippen molar-refractivity contribution in [3.8, 4) is 0 Å². The van der Waals surface area contributed by atoms with Crippen LogP contribution in [-0.4, -0.2) is 48.5 Å². The lowest BCUT2D eigenvalue weighted by atomic mass is 9.90. The molecule has 4 rings (SSSR count). The molecule has 1 aliphatic rings. The third kappa shape index (κ3) is 5.77. The van der Waals surface area contributed by atoms with Gasteiger partial charge in [-0.25, -0.2) is 8.78 Å². The quantitative estimate of drug-likeness (QED) is 0.450. The van der Waals surface area contributed by atoms with E-state index in [2.05, 4.69) is 10.1 Å². The number of rotatable bonds is 8. The average Bonchev–Trinajstić information content (AvgIpc) is 3.21. The number of aromatic nitrogens is 2. The Morgan fingerprint density at radius 3 is 2.46 bits per heavy atom. The zero-order valence-electron chi connectivity index (χ0n) is 21.2. The summed E-state index contributed by atoms with van der Waals surface area (Å²) >= 11 is 0. The number of amides is 1. The van der Waals surface area contributed by atoms with Crippen LogP contribution in [0.3, 0.4) is 0 Å². The smallest absolute Gasteiger partial charge is 0.280 e. The molecular weight excluding hydrogens is 500 g/mol. The summed E-state index contributed by atoms with van der Waals surface area (Å²) in [5, 5.41) is 2.23. The molecule has 1 amide bonds. The lowest BCUT2D eigenvalue weighted by molar-refractivity contribution is -0.140. The normalized spacial score (nSPS) is 15.5. The molecule has 0 fully saturated rings. The molecule has 0 bridgehead atoms. The van der Waals surface area contributed by atoms with Gasteiger partial charge in [0, 0.05) is 49.0 Å². The fourth-order valence-corrected chi connectivity index (χ4v) is 6.35. The highest BCUT2D eigenvalue weighted by Gasteiger charge is 2.37. The van der Waals surface area contributed by atoms with Gasteiger partial charge in [-0.1, -0.05) is 25.7 Å². The van der Waals surface area contributed by atoms with Crippen LogP contribution in [0.4, 0.5) is 8.78 Å². The molecule has 1 aromatic carbocycles. The van der Waals surface area contributed by atoms with Crippen molar-refractivity contribution in [2.24, 2.45) is 0 Å². The number of hydrogen-bond donors (Lipinski definition) is 1. The molecule has 3 heterocycles. The fraction of sp³-hybridized carbons (Fsp3) is 0.385. The van der Waals surface area contributed by atoms with Gasteiger partial charge in [-0.3, -0.25) is 19.4 Å². The van der Waals surface area contributed by atoms with E-state index in [0.29, 0.717) is 30.0 Å². The van der Waals surface area contributed by atoms with Crippen molar-refractivity contribution in [1.29, 1.82) is 0 Å². The number of carbonyl (C=O) groups excluding carboxylic acids is 2. The lowest BCUT2D eigenvalue weighted by Crippen LogP contribution is -2.45. The first-order valence-corrected chi connectivity index (χ1v) is 15.4. The Labute approximate surface area is 213 Å². The van der Waals surface area contributed by atoms with Crippen molar-refractivity contribution in [2.75, 3.05) is 13.7 Å². The minimum absolute atomic E-state index is 0.0892. The summed E-state index contributed by atoms with van der Waals surface area (Å²) in [7, 11) is -0.724. The van der Waals surface area contributed by atoms with E-state index in [1.165, 1.54) is 23.1 Å². The van der Waals surface area contributed by atoms with E-state index in [0.717, 1.165) is 0 Å². The summed E-state index contributed by atoms with van der Waals surface area (Å²) in [5.74, 6) is -1.99. The van der Waals surface area contributed by atoms with E-state index in [4.69, 9.17) is 9.26 Å². The summed E-state index contributed by atoms with van der Waals surface area (Å²) in [6.45, 7) is 6.04. The number of fused-ring (bicyclic) bond motifs is 1. The van der Waals surface area contributed by atoms with E-state index in [-0.39, 0.29) is 35.9 Å². The van der Waals surface area contributed by atoms with Crippen molar-refractivity contribution in [3.05, 3.63) is 80.6 Å². The molecule has 8 nitrogen and oxygen atoms in total. The average molecular weight is 530 g/mol. The minimum Gasteiger partial charge on any atom is -0.383 e. The Balaban J connectivity index is 1.68. The number of Topliss-reactive ketones (excluding diaryl/α,β-unsaturated/α-hetero) is 1. The van der Waals surface area contributed by atoms with Gasteiger partial charge in [0.15, 0.2) is 5.78 Å². The molecule has 1 aliphatic heterocycles. The largest absolute Gasteiger partial charge is 0.383 e. The number of aromatic amines is 1. The van der Waals surface area contributed by atoms with Crippen LogP contribution in [-0.2, 0) is 40.2 Å². The highest BCUT2D eigenvalue weighted by molar-refractivity contribution is 6.88. The molecule has 3 aromatic rings. The molecule has 196 valence electrons. The Morgan fingerprint density at radius 1 is 1.16 bits per heavy atom. The van der Waals surface area contributed by atoms with Crippen molar-refractivity contribution in [3.63, 3.8) is 0 Å². The molecule has 0 saturated carbocycles. The Hall–Kier alpha value is -3.44. The molecule has 11 heteroatoms. The Kier molecular flexibility index (Phi) is 7.56. The van der Waals surface area contributed by atoms with Crippen molar-refractivity contribution < 1.29 is 27.6 Å². The molecule has 0 spiro atoms. The predicted molar refractivity (Wildman–Crippen MR) is 134 cm³/mol. The SMILES string of the molecule is COCc1ccc2c(n1)CCN(C(=O)Cc1cc(=O)[nH]o1)[C@H]2C(=O)Cc1cc(F)c([Si](C)(C)C)c(F)c1. The number of H-pyrrole nitrogens is 1. The maximum atomic E-state index is 14.9. The van der Waals surface area contributed by atoms with E-state index in [1.807, 2.05) is 19.6 Å². The number of ketones is 1. The summed E-state index contributed by atoms with van der Waals surface area (Å²) < 4.78 is 39.9. The van der Waals surface area contributed by atoms with E-state index >= 15 is 0 Å². The predicted octanol–water partition coefficient (Wildman–Crippen LogP) is 2.81. The first-order valence-electron chi connectivity index (χ1n) is 11.9. The van der Waals surface area contributed by atoms with E-state index < -0.39 is 43.0 Å². The van der Waals surface area contributed by atoms with E-state index in [1.54, 1.807) is 19.2 Å². The highest BCUT2D eigenvalue weighted by Crippen LogP contribution is 2.32. The zero-order valence-corrected chi connectivity index (χ0v) is 22.2. The third-order valence-electron chi connectivity index (χ3n) is 6.31. The van der Waals surface area contributed by atoms with Gasteiger partial charge >= 0.3 is 0 Å². The third-order valence-corrected chi connectivity index (χ3v) is 8.29. The molecule has 0 saturated heterocycles. The summed E-state index contributed by atoms with van der Waals surface area (Å²) in [6, 6.07) is 6.05.